The van der Waals surface area contributed by atoms with Crippen molar-refractivity contribution in [1.82, 2.24) is 4.90 Å². The number of nitrogens with zero attached hydrogens (tertiary/aromatic N) is 2. The first-order chi connectivity index (χ1) is 11.8. The molecular weight excluding hydrogens is 308 g/mol. The Morgan fingerprint density at radius 2 is 1.96 bits per heavy atom. The average Bonchev–Trinajstić information content (AvgIpc) is 3.08. The van der Waals surface area contributed by atoms with Gasteiger partial charge in [0.1, 0.15) is 18.5 Å². The van der Waals surface area contributed by atoms with Gasteiger partial charge in [0, 0.05) is 37.5 Å². The Balaban J connectivity index is 1.53. The van der Waals surface area contributed by atoms with Crippen LogP contribution in [0.3, 0.4) is 0 Å². The van der Waals surface area contributed by atoms with Crippen molar-refractivity contribution in [1.29, 1.82) is 0 Å². The molecule has 4 rings (SSSR count). The highest BCUT2D eigenvalue weighted by Crippen LogP contribution is 2.29. The molecule has 2 saturated heterocycles. The maximum Gasteiger partial charge on any atom is 0.252 e. The van der Waals surface area contributed by atoms with Gasteiger partial charge in [-0.2, -0.15) is 0 Å². The lowest BCUT2D eigenvalue weighted by molar-refractivity contribution is -0.141. The van der Waals surface area contributed by atoms with Crippen LogP contribution < -0.4 is 9.64 Å². The zero-order chi connectivity index (χ0) is 16.4. The Hall–Kier alpha value is -1.79. The zero-order valence-corrected chi connectivity index (χ0v) is 13.9. The first-order valence-electron chi connectivity index (χ1n) is 8.80. The smallest absolute Gasteiger partial charge is 0.252 e. The third-order valence-electron chi connectivity index (χ3n) is 4.92. The van der Waals surface area contributed by atoms with E-state index in [1.807, 2.05) is 11.0 Å². The molecule has 6 nitrogen and oxygen atoms in total. The van der Waals surface area contributed by atoms with Crippen molar-refractivity contribution >= 4 is 11.6 Å². The van der Waals surface area contributed by atoms with Crippen LogP contribution in [0.4, 0.5) is 5.69 Å². The molecule has 3 aliphatic heterocycles. The first kappa shape index (κ1) is 15.7. The Kier molecular flexibility index (Phi) is 4.58. The number of anilines is 1. The van der Waals surface area contributed by atoms with Crippen LogP contribution in [0.1, 0.15) is 18.4 Å². The number of hydrogen-bond donors (Lipinski definition) is 0. The lowest BCUT2D eigenvalue weighted by Gasteiger charge is -2.29. The molecule has 6 heteroatoms. The highest BCUT2D eigenvalue weighted by atomic mass is 16.5. The molecule has 0 spiro atoms. The van der Waals surface area contributed by atoms with Gasteiger partial charge in [-0.1, -0.05) is 0 Å². The van der Waals surface area contributed by atoms with Gasteiger partial charge in [-0.3, -0.25) is 4.79 Å². The summed E-state index contributed by atoms with van der Waals surface area (Å²) in [6.07, 6.45) is 1.53. The third kappa shape index (κ3) is 3.21. The molecule has 2 fully saturated rings. The van der Waals surface area contributed by atoms with Crippen molar-refractivity contribution in [2.45, 2.75) is 25.5 Å². The van der Waals surface area contributed by atoms with Crippen molar-refractivity contribution < 1.29 is 19.0 Å². The van der Waals surface area contributed by atoms with Gasteiger partial charge in [0.15, 0.2) is 0 Å². The largest absolute Gasteiger partial charge is 0.491 e. The van der Waals surface area contributed by atoms with E-state index < -0.39 is 0 Å². The first-order valence-corrected chi connectivity index (χ1v) is 8.80. The van der Waals surface area contributed by atoms with Crippen molar-refractivity contribution in [3.8, 4) is 5.75 Å². The standard InChI is InChI=1S/C18H24N2O4/c21-18(17-2-1-8-23-17)20-7-11-24-16-4-3-15(12-14(16)13-20)19-5-9-22-10-6-19/h3-4,12,17H,1-2,5-11,13H2. The maximum absolute atomic E-state index is 12.7. The SMILES string of the molecule is O=C(C1CCCO1)N1CCOc2ccc(N3CCOCC3)cc2C1. The van der Waals surface area contributed by atoms with E-state index in [1.54, 1.807) is 0 Å². The van der Waals surface area contributed by atoms with Gasteiger partial charge in [0.05, 0.1) is 19.8 Å². The van der Waals surface area contributed by atoms with Gasteiger partial charge in [0.2, 0.25) is 0 Å². The summed E-state index contributed by atoms with van der Waals surface area (Å²) in [4.78, 5) is 16.9. The molecule has 0 bridgehead atoms. The van der Waals surface area contributed by atoms with E-state index in [-0.39, 0.29) is 12.0 Å². The van der Waals surface area contributed by atoms with Crippen LogP contribution >= 0.6 is 0 Å². The Labute approximate surface area is 142 Å². The number of amides is 1. The number of benzene rings is 1. The molecule has 1 unspecified atom stereocenters. The average molecular weight is 332 g/mol. The van der Waals surface area contributed by atoms with E-state index in [9.17, 15) is 4.79 Å². The van der Waals surface area contributed by atoms with Crippen LogP contribution in [-0.4, -0.2) is 63.0 Å². The van der Waals surface area contributed by atoms with Crippen LogP contribution in [0.25, 0.3) is 0 Å². The summed E-state index contributed by atoms with van der Waals surface area (Å²) in [5.74, 6) is 0.982. The highest BCUT2D eigenvalue weighted by molar-refractivity contribution is 5.81. The van der Waals surface area contributed by atoms with Gasteiger partial charge >= 0.3 is 0 Å². The topological polar surface area (TPSA) is 51.2 Å². The van der Waals surface area contributed by atoms with Crippen LogP contribution in [0, 0.1) is 0 Å². The Morgan fingerprint density at radius 1 is 1.08 bits per heavy atom. The van der Waals surface area contributed by atoms with Crippen LogP contribution in [-0.2, 0) is 20.8 Å². The van der Waals surface area contributed by atoms with E-state index in [4.69, 9.17) is 14.2 Å². The quantitative estimate of drug-likeness (QED) is 0.820. The summed E-state index contributed by atoms with van der Waals surface area (Å²) >= 11 is 0. The minimum Gasteiger partial charge on any atom is -0.491 e. The number of rotatable bonds is 2. The summed E-state index contributed by atoms with van der Waals surface area (Å²) in [5, 5.41) is 0. The van der Waals surface area contributed by atoms with E-state index in [0.717, 1.165) is 50.5 Å². The monoisotopic (exact) mass is 332 g/mol. The number of hydrogen-bond acceptors (Lipinski definition) is 5. The second-order valence-electron chi connectivity index (χ2n) is 6.50. The van der Waals surface area contributed by atoms with Gasteiger partial charge in [-0.25, -0.2) is 0 Å². The van der Waals surface area contributed by atoms with Gasteiger partial charge in [-0.05, 0) is 31.0 Å². The molecule has 1 aromatic rings. The van der Waals surface area contributed by atoms with Gasteiger partial charge in [-0.15, -0.1) is 0 Å². The number of carbonyl (C=O) groups is 1. The number of morpholine rings is 1. The Bertz CT molecular complexity index is 595. The lowest BCUT2D eigenvalue weighted by Crippen LogP contribution is -2.39. The fraction of sp³-hybridized carbons (Fsp3) is 0.611. The molecule has 0 N–H and O–H groups in total. The molecule has 0 aromatic heterocycles. The second-order valence-corrected chi connectivity index (χ2v) is 6.50. The van der Waals surface area contributed by atoms with Gasteiger partial charge in [0.25, 0.3) is 5.91 Å². The van der Waals surface area contributed by atoms with Crippen molar-refractivity contribution in [2.24, 2.45) is 0 Å². The predicted molar refractivity (Wildman–Crippen MR) is 89.4 cm³/mol. The molecule has 130 valence electrons. The van der Waals surface area contributed by atoms with Crippen molar-refractivity contribution in [3.63, 3.8) is 0 Å². The molecular formula is C18H24N2O4. The molecule has 0 aliphatic carbocycles. The summed E-state index contributed by atoms with van der Waals surface area (Å²) in [5.41, 5.74) is 2.25. The normalized spacial score (nSPS) is 24.2. The maximum atomic E-state index is 12.7. The third-order valence-corrected chi connectivity index (χ3v) is 4.92. The molecule has 0 saturated carbocycles. The summed E-state index contributed by atoms with van der Waals surface area (Å²) < 4.78 is 16.8. The molecule has 1 atom stereocenters. The fourth-order valence-corrected chi connectivity index (χ4v) is 3.56. The lowest BCUT2D eigenvalue weighted by atomic mass is 10.1. The van der Waals surface area contributed by atoms with Crippen molar-refractivity contribution in [3.05, 3.63) is 23.8 Å². The van der Waals surface area contributed by atoms with E-state index in [0.29, 0.717) is 26.3 Å². The summed E-state index contributed by atoms with van der Waals surface area (Å²) in [6.45, 7) is 5.75. The zero-order valence-electron chi connectivity index (χ0n) is 13.9. The minimum absolute atomic E-state index is 0.0979. The summed E-state index contributed by atoms with van der Waals surface area (Å²) in [6, 6.07) is 6.28. The second kappa shape index (κ2) is 6.99. The van der Waals surface area contributed by atoms with Crippen LogP contribution in [0.5, 0.6) is 5.75 Å². The van der Waals surface area contributed by atoms with Gasteiger partial charge < -0.3 is 24.0 Å². The molecule has 1 amide bonds. The van der Waals surface area contributed by atoms with E-state index >= 15 is 0 Å². The predicted octanol–water partition coefficient (Wildman–Crippen LogP) is 1.42. The van der Waals surface area contributed by atoms with Crippen LogP contribution in [0.15, 0.2) is 18.2 Å². The number of carbonyl (C=O) groups excluding carboxylic acids is 1. The molecule has 0 radical (unpaired) electrons. The molecule has 24 heavy (non-hydrogen) atoms. The van der Waals surface area contributed by atoms with Crippen LogP contribution in [0.2, 0.25) is 0 Å². The number of fused-ring (bicyclic) bond motifs is 1. The Morgan fingerprint density at radius 3 is 2.75 bits per heavy atom. The highest BCUT2D eigenvalue weighted by Gasteiger charge is 2.30. The summed E-state index contributed by atoms with van der Waals surface area (Å²) in [7, 11) is 0. The number of ether oxygens (including phenoxy) is 3. The molecule has 3 heterocycles. The molecule has 1 aromatic carbocycles. The molecule has 3 aliphatic rings. The van der Waals surface area contributed by atoms with E-state index in [1.165, 1.54) is 5.69 Å². The fourth-order valence-electron chi connectivity index (χ4n) is 3.56. The van der Waals surface area contributed by atoms with Crippen molar-refractivity contribution in [2.75, 3.05) is 51.0 Å². The minimum atomic E-state index is -0.269. The van der Waals surface area contributed by atoms with E-state index in [2.05, 4.69) is 17.0 Å².